The van der Waals surface area contributed by atoms with E-state index in [2.05, 4.69) is 24.6 Å². The molecule has 0 bridgehead atoms. The Morgan fingerprint density at radius 1 is 1.15 bits per heavy atom. The molecule has 1 aliphatic rings. The van der Waals surface area contributed by atoms with Gasteiger partial charge in [0.1, 0.15) is 0 Å². The molecule has 0 saturated heterocycles. The SMILES string of the molecule is CN(CCS)CCC1CCCCC1. The van der Waals surface area contributed by atoms with E-state index in [1.807, 2.05) is 0 Å². The van der Waals surface area contributed by atoms with Crippen LogP contribution in [0.5, 0.6) is 0 Å². The van der Waals surface area contributed by atoms with Gasteiger partial charge in [0.2, 0.25) is 0 Å². The van der Waals surface area contributed by atoms with E-state index in [4.69, 9.17) is 0 Å². The Labute approximate surface area is 88.3 Å². The summed E-state index contributed by atoms with van der Waals surface area (Å²) in [5.41, 5.74) is 0. The standard InChI is InChI=1S/C11H23NS/c1-12(9-10-13)8-7-11-5-3-2-4-6-11/h11,13H,2-10H2,1H3. The van der Waals surface area contributed by atoms with Crippen LogP contribution in [0.4, 0.5) is 0 Å². The molecule has 0 amide bonds. The van der Waals surface area contributed by atoms with Crippen LogP contribution >= 0.6 is 12.6 Å². The smallest absolute Gasteiger partial charge is 0.00668 e. The monoisotopic (exact) mass is 201 g/mol. The van der Waals surface area contributed by atoms with Crippen molar-refractivity contribution in [2.45, 2.75) is 38.5 Å². The Morgan fingerprint density at radius 3 is 2.46 bits per heavy atom. The van der Waals surface area contributed by atoms with Gasteiger partial charge in [0.25, 0.3) is 0 Å². The summed E-state index contributed by atoms with van der Waals surface area (Å²) >= 11 is 4.24. The highest BCUT2D eigenvalue weighted by atomic mass is 32.1. The zero-order chi connectivity index (χ0) is 9.52. The molecular weight excluding hydrogens is 178 g/mol. The predicted molar refractivity (Wildman–Crippen MR) is 62.5 cm³/mol. The summed E-state index contributed by atoms with van der Waals surface area (Å²) in [7, 11) is 2.21. The van der Waals surface area contributed by atoms with E-state index in [1.165, 1.54) is 45.1 Å². The predicted octanol–water partition coefficient (Wildman–Crippen LogP) is 2.82. The van der Waals surface area contributed by atoms with Crippen molar-refractivity contribution in [1.29, 1.82) is 0 Å². The van der Waals surface area contributed by atoms with Crippen LogP contribution in [0.15, 0.2) is 0 Å². The second-order valence-corrected chi connectivity index (χ2v) is 4.77. The van der Waals surface area contributed by atoms with Crippen LogP contribution in [0, 0.1) is 5.92 Å². The van der Waals surface area contributed by atoms with Gasteiger partial charge in [-0.3, -0.25) is 0 Å². The van der Waals surface area contributed by atoms with Gasteiger partial charge in [-0.25, -0.2) is 0 Å². The summed E-state index contributed by atoms with van der Waals surface area (Å²) < 4.78 is 0. The van der Waals surface area contributed by atoms with Gasteiger partial charge < -0.3 is 4.90 Å². The number of rotatable bonds is 5. The van der Waals surface area contributed by atoms with Gasteiger partial charge in [0, 0.05) is 12.3 Å². The lowest BCUT2D eigenvalue weighted by Gasteiger charge is -2.24. The van der Waals surface area contributed by atoms with Crippen LogP contribution < -0.4 is 0 Å². The lowest BCUT2D eigenvalue weighted by molar-refractivity contribution is 0.273. The molecule has 2 heteroatoms. The lowest BCUT2D eigenvalue weighted by atomic mass is 9.87. The molecule has 0 aromatic rings. The molecule has 0 aromatic heterocycles. The summed E-state index contributed by atoms with van der Waals surface area (Å²) in [6, 6.07) is 0. The highest BCUT2D eigenvalue weighted by Gasteiger charge is 2.13. The van der Waals surface area contributed by atoms with Gasteiger partial charge in [-0.1, -0.05) is 32.1 Å². The molecule has 0 heterocycles. The van der Waals surface area contributed by atoms with E-state index in [0.29, 0.717) is 0 Å². The normalized spacial score (nSPS) is 19.6. The van der Waals surface area contributed by atoms with Crippen molar-refractivity contribution in [3.05, 3.63) is 0 Å². The number of hydrogen-bond donors (Lipinski definition) is 1. The van der Waals surface area contributed by atoms with Crippen molar-refractivity contribution in [3.63, 3.8) is 0 Å². The van der Waals surface area contributed by atoms with Gasteiger partial charge in [0.15, 0.2) is 0 Å². The maximum atomic E-state index is 4.24. The minimum absolute atomic E-state index is 0.987. The van der Waals surface area contributed by atoms with Gasteiger partial charge >= 0.3 is 0 Å². The second-order valence-electron chi connectivity index (χ2n) is 4.32. The van der Waals surface area contributed by atoms with E-state index >= 15 is 0 Å². The first kappa shape index (κ1) is 11.4. The maximum Gasteiger partial charge on any atom is 0.00668 e. The van der Waals surface area contributed by atoms with Crippen LogP contribution in [0.1, 0.15) is 38.5 Å². The molecule has 1 rings (SSSR count). The van der Waals surface area contributed by atoms with Crippen molar-refractivity contribution in [2.24, 2.45) is 5.92 Å². The molecule has 78 valence electrons. The van der Waals surface area contributed by atoms with Crippen LogP contribution in [0.25, 0.3) is 0 Å². The highest BCUT2D eigenvalue weighted by molar-refractivity contribution is 7.80. The van der Waals surface area contributed by atoms with Gasteiger partial charge in [-0.15, -0.1) is 0 Å². The minimum Gasteiger partial charge on any atom is -0.306 e. The zero-order valence-corrected chi connectivity index (χ0v) is 9.73. The maximum absolute atomic E-state index is 4.24. The number of thiol groups is 1. The molecule has 1 aliphatic carbocycles. The molecule has 0 unspecified atom stereocenters. The molecule has 13 heavy (non-hydrogen) atoms. The molecule has 1 nitrogen and oxygen atoms in total. The molecule has 0 N–H and O–H groups in total. The van der Waals surface area contributed by atoms with Crippen LogP contribution in [0.2, 0.25) is 0 Å². The third-order valence-electron chi connectivity index (χ3n) is 3.13. The minimum atomic E-state index is 0.987. The van der Waals surface area contributed by atoms with Crippen molar-refractivity contribution in [1.82, 2.24) is 4.90 Å². The molecule has 0 spiro atoms. The van der Waals surface area contributed by atoms with Crippen molar-refractivity contribution < 1.29 is 0 Å². The summed E-state index contributed by atoms with van der Waals surface area (Å²) in [6.45, 7) is 2.40. The lowest BCUT2D eigenvalue weighted by Crippen LogP contribution is -2.24. The summed E-state index contributed by atoms with van der Waals surface area (Å²) in [5.74, 6) is 2.01. The average Bonchev–Trinajstić information content (AvgIpc) is 2.17. The van der Waals surface area contributed by atoms with Gasteiger partial charge in [-0.05, 0) is 25.9 Å². The fourth-order valence-electron chi connectivity index (χ4n) is 2.16. The molecule has 1 saturated carbocycles. The van der Waals surface area contributed by atoms with E-state index in [9.17, 15) is 0 Å². The van der Waals surface area contributed by atoms with Gasteiger partial charge in [-0.2, -0.15) is 12.6 Å². The Morgan fingerprint density at radius 2 is 1.85 bits per heavy atom. The average molecular weight is 201 g/mol. The summed E-state index contributed by atoms with van der Waals surface area (Å²) in [6.07, 6.45) is 8.79. The third-order valence-corrected chi connectivity index (χ3v) is 3.33. The molecule has 0 radical (unpaired) electrons. The fraction of sp³-hybridized carbons (Fsp3) is 1.00. The third kappa shape index (κ3) is 4.92. The number of nitrogens with zero attached hydrogens (tertiary/aromatic N) is 1. The Bertz CT molecular complexity index is 121. The Hall–Kier alpha value is 0.310. The van der Waals surface area contributed by atoms with Crippen LogP contribution in [-0.2, 0) is 0 Å². The first-order valence-corrected chi connectivity index (χ1v) is 6.25. The summed E-state index contributed by atoms with van der Waals surface area (Å²) in [5, 5.41) is 0. The Kier molecular flexibility index (Phi) is 5.88. The molecule has 0 atom stereocenters. The molecular formula is C11H23NS. The van der Waals surface area contributed by atoms with Crippen molar-refractivity contribution in [2.75, 3.05) is 25.9 Å². The molecule has 1 fully saturated rings. The van der Waals surface area contributed by atoms with Gasteiger partial charge in [0.05, 0.1) is 0 Å². The number of hydrogen-bond acceptors (Lipinski definition) is 2. The molecule has 0 aromatic carbocycles. The van der Waals surface area contributed by atoms with Crippen LogP contribution in [0.3, 0.4) is 0 Å². The van der Waals surface area contributed by atoms with Crippen molar-refractivity contribution >= 4 is 12.6 Å². The quantitative estimate of drug-likeness (QED) is 0.669. The first-order chi connectivity index (χ1) is 6.33. The highest BCUT2D eigenvalue weighted by Crippen LogP contribution is 2.26. The summed E-state index contributed by atoms with van der Waals surface area (Å²) in [4.78, 5) is 2.40. The second kappa shape index (κ2) is 6.72. The van der Waals surface area contributed by atoms with Crippen molar-refractivity contribution in [3.8, 4) is 0 Å². The van der Waals surface area contributed by atoms with E-state index < -0.39 is 0 Å². The molecule has 0 aliphatic heterocycles. The largest absolute Gasteiger partial charge is 0.306 e. The van der Waals surface area contributed by atoms with Crippen LogP contribution in [-0.4, -0.2) is 30.8 Å². The Balaban J connectivity index is 2.03. The van der Waals surface area contributed by atoms with E-state index in [1.54, 1.807) is 0 Å². The zero-order valence-electron chi connectivity index (χ0n) is 8.84. The first-order valence-electron chi connectivity index (χ1n) is 5.62. The van der Waals surface area contributed by atoms with E-state index in [0.717, 1.165) is 18.2 Å². The fourth-order valence-corrected chi connectivity index (χ4v) is 2.50. The van der Waals surface area contributed by atoms with E-state index in [-0.39, 0.29) is 0 Å². The topological polar surface area (TPSA) is 3.24 Å².